The quantitative estimate of drug-likeness (QED) is 0.0297. The van der Waals surface area contributed by atoms with E-state index in [2.05, 4.69) is 0 Å². The molecule has 468 valence electrons. The van der Waals surface area contributed by atoms with E-state index in [4.69, 9.17) is 153 Å². The van der Waals surface area contributed by atoms with Crippen LogP contribution in [0.15, 0.2) is 0 Å². The van der Waals surface area contributed by atoms with E-state index in [9.17, 15) is 59.4 Å². The molecule has 0 amide bonds. The number of aliphatic hydroxyl groups excluding tert-OH is 30. The van der Waals surface area contributed by atoms with E-state index in [0.717, 1.165) is 0 Å². The van der Waals surface area contributed by atoms with Gasteiger partial charge in [0.2, 0.25) is 0 Å². The second kappa shape index (κ2) is 49.3. The first kappa shape index (κ1) is 93.3. The van der Waals surface area contributed by atoms with Crippen LogP contribution >= 0.6 is 0 Å². The van der Waals surface area contributed by atoms with E-state index in [0.29, 0.717) is 0 Å². The number of hydrogen-bond donors (Lipinski definition) is 30. The molecule has 0 aromatic carbocycles. The minimum Gasteiger partial charge on any atom is -0.547 e. The summed E-state index contributed by atoms with van der Waals surface area (Å²) in [5, 5.41) is 321. The van der Waals surface area contributed by atoms with E-state index < -0.39 is 222 Å². The van der Waals surface area contributed by atoms with Crippen LogP contribution in [0.5, 0.6) is 0 Å². The predicted molar refractivity (Wildman–Crippen MR) is 226 cm³/mol. The van der Waals surface area contributed by atoms with Crippen molar-refractivity contribution in [2.45, 2.75) is 146 Å². The van der Waals surface area contributed by atoms with Gasteiger partial charge in [0.05, 0.1) is 75.5 Å². The molecule has 24 atom stereocenters. The number of carbonyl (C=O) groups excluding carboxylic acids is 6. The van der Waals surface area contributed by atoms with Crippen molar-refractivity contribution in [3.8, 4) is 0 Å². The van der Waals surface area contributed by atoms with Gasteiger partial charge in [-0.05, 0) is 0 Å². The third kappa shape index (κ3) is 37.2. The van der Waals surface area contributed by atoms with Crippen molar-refractivity contribution < 1.29 is 213 Å². The molecule has 0 spiro atoms. The summed E-state index contributed by atoms with van der Waals surface area (Å²) in [6.07, 6.45) is -48.5. The Morgan fingerprint density at radius 3 is 0.338 bits per heavy atom. The number of rotatable bonds is 30. The van der Waals surface area contributed by atoms with Gasteiger partial charge in [0.25, 0.3) is 0 Å². The van der Waals surface area contributed by atoms with E-state index in [-0.39, 0.29) is 45.2 Å². The standard InChI is InChI=1S/6C6H12O7.C.Ca/c6*7-1-2(8)3(9)4(10)5(11)6(12)13;;/h6*2-5,7-11H,1H2,(H,12,13);;/q;;;;;;+4;+2/p-6. The van der Waals surface area contributed by atoms with Gasteiger partial charge in [0.15, 0.2) is 0 Å². The van der Waals surface area contributed by atoms with Gasteiger partial charge in [0.1, 0.15) is 146 Å². The van der Waals surface area contributed by atoms with Gasteiger partial charge in [-0.25, -0.2) is 0 Å². The van der Waals surface area contributed by atoms with Crippen molar-refractivity contribution in [3.63, 3.8) is 0 Å². The first-order valence-corrected chi connectivity index (χ1v) is 20.7. The molecule has 24 unspecified atom stereocenters. The largest absolute Gasteiger partial charge is 4.00 e. The molecule has 0 aromatic rings. The molecule has 43 heteroatoms. The summed E-state index contributed by atoms with van der Waals surface area (Å²) in [5.41, 5.74) is 0. The smallest absolute Gasteiger partial charge is 0.547 e. The molecular weight excluding hydrogens is 1160 g/mol. The molecule has 0 saturated carbocycles. The topological polar surface area (TPSA) is 848 Å². The fourth-order valence-electron chi connectivity index (χ4n) is 3.97. The zero-order valence-corrected chi connectivity index (χ0v) is 42.8. The molecule has 0 aromatic heterocycles. The first-order valence-electron chi connectivity index (χ1n) is 20.7. The minimum atomic E-state index is -2.31. The number of carboxylic acid groups (broad SMARTS) is 6. The van der Waals surface area contributed by atoms with Crippen molar-refractivity contribution in [1.82, 2.24) is 0 Å². The third-order valence-electron chi connectivity index (χ3n) is 8.98. The van der Waals surface area contributed by atoms with Crippen LogP contribution < -0.4 is 30.6 Å². The molecule has 0 saturated heterocycles. The van der Waals surface area contributed by atoms with Crippen LogP contribution in [0.3, 0.4) is 0 Å². The zero-order chi connectivity index (χ0) is 63.6. The fourth-order valence-corrected chi connectivity index (χ4v) is 3.97. The average Bonchev–Trinajstić information content (AvgIpc) is 3.42. The van der Waals surface area contributed by atoms with Gasteiger partial charge in [0, 0.05) is 0 Å². The van der Waals surface area contributed by atoms with Crippen LogP contribution in [0.1, 0.15) is 0 Å². The summed E-state index contributed by atoms with van der Waals surface area (Å²) in [6.45, 7) is -5.18. The van der Waals surface area contributed by atoms with Gasteiger partial charge in [-0.2, -0.15) is 0 Å². The summed E-state index contributed by atoms with van der Waals surface area (Å²) in [4.78, 5) is 59.9. The number of aliphatic carboxylic acids is 6. The SMILES string of the molecule is O=C([O-])C(O)C(O)C(O)C(O)CO.O=C([O-])C(O)C(O)C(O)C(O)CO.O=C([O-])C(O)C(O)C(O)C(O)CO.O=C([O-])C(O)C(O)C(O)C(O)CO.O=C([O-])C(O)C(O)C(O)C(O)CO.O=C([O-])C(O)C(O)C(O)C(O)CO.[C+4].[Ca+2]. The van der Waals surface area contributed by atoms with Crippen molar-refractivity contribution in [1.29, 1.82) is 0 Å². The van der Waals surface area contributed by atoms with Crippen LogP contribution in [0.2, 0.25) is 0 Å². The Hall–Kier alpha value is -3.12. The molecule has 0 radical (unpaired) electrons. The maximum absolute atomic E-state index is 9.98. The second-order valence-corrected chi connectivity index (χ2v) is 15.0. The van der Waals surface area contributed by atoms with Gasteiger partial charge in [-0.15, -0.1) is 0 Å². The summed E-state index contributed by atoms with van der Waals surface area (Å²) in [5.74, 6) is -11.9. The van der Waals surface area contributed by atoms with Gasteiger partial charge in [-0.3, -0.25) is 0 Å². The Balaban J connectivity index is -0.000000129. The molecule has 0 bridgehead atoms. The molecule has 42 nitrogen and oxygen atoms in total. The van der Waals surface area contributed by atoms with Gasteiger partial charge in [-0.1, -0.05) is 0 Å². The minimum absolute atomic E-state index is 0. The molecule has 80 heavy (non-hydrogen) atoms. The normalized spacial score (nSPS) is 19.9. The van der Waals surface area contributed by atoms with Gasteiger partial charge >= 0.3 is 45.2 Å². The van der Waals surface area contributed by atoms with Crippen LogP contribution in [0.25, 0.3) is 0 Å². The summed E-state index contributed by atoms with van der Waals surface area (Å²) in [6, 6.07) is 0. The summed E-state index contributed by atoms with van der Waals surface area (Å²) >= 11 is 0. The number of carboxylic acids is 6. The first-order chi connectivity index (χ1) is 35.5. The predicted octanol–water partition coefficient (Wildman–Crippen LogP) is -29.3. The molecule has 0 rings (SSSR count). The van der Waals surface area contributed by atoms with Gasteiger partial charge < -0.3 is 213 Å². The van der Waals surface area contributed by atoms with E-state index >= 15 is 0 Å². The maximum Gasteiger partial charge on any atom is 4.00 e. The molecule has 0 fully saturated rings. The molecule has 0 aliphatic carbocycles. The number of hydrogen-bond acceptors (Lipinski definition) is 42. The zero-order valence-electron chi connectivity index (χ0n) is 40.6. The van der Waals surface area contributed by atoms with Crippen molar-refractivity contribution in [2.75, 3.05) is 39.6 Å². The second-order valence-electron chi connectivity index (χ2n) is 15.0. The van der Waals surface area contributed by atoms with Crippen molar-refractivity contribution in [3.05, 3.63) is 7.43 Å². The van der Waals surface area contributed by atoms with Crippen molar-refractivity contribution in [2.24, 2.45) is 0 Å². The van der Waals surface area contributed by atoms with Crippen LogP contribution in [0, 0.1) is 7.43 Å². The Morgan fingerprint density at radius 1 is 0.212 bits per heavy atom. The Morgan fingerprint density at radius 2 is 0.287 bits per heavy atom. The van der Waals surface area contributed by atoms with Crippen LogP contribution in [0.4, 0.5) is 0 Å². The summed E-state index contributed by atoms with van der Waals surface area (Å²) < 4.78 is 0. The number of aliphatic hydroxyl groups is 30. The Bertz CT molecular complexity index is 1330. The molecule has 0 aliphatic heterocycles. The fraction of sp³-hybridized carbons (Fsp3) is 0.811. The van der Waals surface area contributed by atoms with E-state index in [1.165, 1.54) is 0 Å². The van der Waals surface area contributed by atoms with E-state index in [1.54, 1.807) is 0 Å². The molecular formula is C37H66CaO42. The maximum atomic E-state index is 9.98. The Labute approximate surface area is 478 Å². The third-order valence-corrected chi connectivity index (χ3v) is 8.98. The molecule has 0 aliphatic rings. The van der Waals surface area contributed by atoms with Crippen LogP contribution in [-0.4, -0.2) is 413 Å². The van der Waals surface area contributed by atoms with E-state index in [1.807, 2.05) is 0 Å². The van der Waals surface area contributed by atoms with Crippen LogP contribution in [-0.2, 0) is 28.8 Å². The average molecular weight is 1220 g/mol. The monoisotopic (exact) mass is 1220 g/mol. The Kier molecular flexibility index (Phi) is 57.5. The molecule has 30 N–H and O–H groups in total. The number of carbonyl (C=O) groups is 6. The van der Waals surface area contributed by atoms with Crippen molar-refractivity contribution >= 4 is 73.6 Å². The summed E-state index contributed by atoms with van der Waals surface area (Å²) in [7, 11) is 0. The molecule has 0 heterocycles.